The van der Waals surface area contributed by atoms with Gasteiger partial charge in [0, 0.05) is 31.5 Å². The number of carbonyl (C=O) groups is 1. The van der Waals surface area contributed by atoms with Gasteiger partial charge in [0.1, 0.15) is 5.56 Å². The number of carbonyl (C=O) groups excluding carboxylic acids is 1. The molecule has 0 aliphatic heterocycles. The molecule has 2 rings (SSSR count). The third kappa shape index (κ3) is 3.35. The second kappa shape index (κ2) is 6.19. The van der Waals surface area contributed by atoms with E-state index in [0.29, 0.717) is 6.54 Å². The Bertz CT molecular complexity index is 647. The number of rotatable bonds is 4. The van der Waals surface area contributed by atoms with Gasteiger partial charge in [0.2, 0.25) is 0 Å². The number of aryl methyl sites for hydroxylation is 1. The molecule has 0 spiro atoms. The van der Waals surface area contributed by atoms with Crippen LogP contribution in [0.15, 0.2) is 47.4 Å². The minimum Gasteiger partial charge on any atom is -0.364 e. The van der Waals surface area contributed by atoms with Crippen LogP contribution < -0.4 is 5.43 Å². The van der Waals surface area contributed by atoms with Crippen LogP contribution in [0.25, 0.3) is 0 Å². The maximum atomic E-state index is 12.2. The third-order valence-corrected chi connectivity index (χ3v) is 3.21. The molecule has 0 fully saturated rings. The molecule has 0 saturated carbocycles. The quantitative estimate of drug-likeness (QED) is 0.923. The summed E-state index contributed by atoms with van der Waals surface area (Å²) in [5.74, 6) is -0.248. The van der Waals surface area contributed by atoms with E-state index in [9.17, 15) is 9.59 Å². The number of nitrogens with zero attached hydrogens (tertiary/aromatic N) is 1. The van der Waals surface area contributed by atoms with Crippen LogP contribution in [0.3, 0.4) is 0 Å². The largest absolute Gasteiger partial charge is 0.364 e. The predicted octanol–water partition coefficient (Wildman–Crippen LogP) is 2.00. The zero-order valence-electron chi connectivity index (χ0n) is 11.7. The molecule has 1 amide bonds. The van der Waals surface area contributed by atoms with Crippen LogP contribution in [-0.2, 0) is 6.42 Å². The zero-order valence-corrected chi connectivity index (χ0v) is 11.7. The van der Waals surface area contributed by atoms with Gasteiger partial charge in [0.15, 0.2) is 5.43 Å². The number of pyridine rings is 1. The second-order valence-electron chi connectivity index (χ2n) is 4.86. The van der Waals surface area contributed by atoms with Crippen molar-refractivity contribution in [3.8, 4) is 0 Å². The van der Waals surface area contributed by atoms with E-state index in [2.05, 4.69) is 4.98 Å². The normalized spacial score (nSPS) is 10.3. The molecule has 4 nitrogen and oxygen atoms in total. The lowest BCUT2D eigenvalue weighted by Crippen LogP contribution is -2.32. The van der Waals surface area contributed by atoms with Crippen molar-refractivity contribution in [1.82, 2.24) is 9.88 Å². The van der Waals surface area contributed by atoms with Gasteiger partial charge in [0.05, 0.1) is 0 Å². The molecule has 1 aromatic carbocycles. The number of amides is 1. The first-order valence-electron chi connectivity index (χ1n) is 6.56. The summed E-state index contributed by atoms with van der Waals surface area (Å²) < 4.78 is 0. The molecule has 0 saturated heterocycles. The molecule has 1 heterocycles. The first kappa shape index (κ1) is 14.1. The Labute approximate surface area is 118 Å². The minimum atomic E-state index is -0.248. The number of likely N-dealkylation sites (N-methyl/N-ethyl adjacent to an activating group) is 1. The number of hydrogen-bond acceptors (Lipinski definition) is 2. The highest BCUT2D eigenvalue weighted by Crippen LogP contribution is 2.03. The first-order chi connectivity index (χ1) is 9.58. The number of nitrogens with one attached hydrogen (secondary N) is 1. The highest BCUT2D eigenvalue weighted by Gasteiger charge is 2.14. The summed E-state index contributed by atoms with van der Waals surface area (Å²) in [7, 11) is 1.71. The third-order valence-electron chi connectivity index (χ3n) is 3.21. The van der Waals surface area contributed by atoms with Crippen LogP contribution in [0.2, 0.25) is 0 Å². The van der Waals surface area contributed by atoms with Crippen molar-refractivity contribution in [3.63, 3.8) is 0 Å². The fourth-order valence-electron chi connectivity index (χ4n) is 1.99. The van der Waals surface area contributed by atoms with Gasteiger partial charge in [-0.25, -0.2) is 0 Å². The summed E-state index contributed by atoms with van der Waals surface area (Å²) in [6.07, 6.45) is 2.26. The van der Waals surface area contributed by atoms with Gasteiger partial charge in [-0.3, -0.25) is 9.59 Å². The Morgan fingerprint density at radius 2 is 1.95 bits per heavy atom. The van der Waals surface area contributed by atoms with Crippen molar-refractivity contribution in [2.75, 3.05) is 13.6 Å². The lowest BCUT2D eigenvalue weighted by atomic mass is 10.1. The van der Waals surface area contributed by atoms with Gasteiger partial charge in [-0.2, -0.15) is 0 Å². The molecule has 0 atom stereocenters. The van der Waals surface area contributed by atoms with Crippen LogP contribution in [-0.4, -0.2) is 29.4 Å². The molecule has 0 aliphatic rings. The maximum Gasteiger partial charge on any atom is 0.259 e. The number of H-pyrrole nitrogens is 1. The average molecular weight is 270 g/mol. The van der Waals surface area contributed by atoms with Gasteiger partial charge < -0.3 is 9.88 Å². The SMILES string of the molecule is Cc1cc(=O)c(C(=O)N(C)CCc2ccccc2)c[nH]1. The second-order valence-corrected chi connectivity index (χ2v) is 4.86. The van der Waals surface area contributed by atoms with Crippen molar-refractivity contribution in [1.29, 1.82) is 0 Å². The smallest absolute Gasteiger partial charge is 0.259 e. The summed E-state index contributed by atoms with van der Waals surface area (Å²) in [4.78, 5) is 28.5. The minimum absolute atomic E-state index is 0.186. The Hall–Kier alpha value is -2.36. The Balaban J connectivity index is 2.03. The average Bonchev–Trinajstić information content (AvgIpc) is 2.45. The topological polar surface area (TPSA) is 53.2 Å². The van der Waals surface area contributed by atoms with Crippen molar-refractivity contribution < 1.29 is 4.79 Å². The lowest BCUT2D eigenvalue weighted by Gasteiger charge is -2.16. The number of hydrogen-bond donors (Lipinski definition) is 1. The molecular formula is C16H18N2O2. The standard InChI is InChI=1S/C16H18N2O2/c1-12-10-15(19)14(11-17-12)16(20)18(2)9-8-13-6-4-3-5-7-13/h3-7,10-11H,8-9H2,1-2H3,(H,17,19). The van der Waals surface area contributed by atoms with Crippen molar-refractivity contribution in [3.05, 3.63) is 69.6 Å². The first-order valence-corrected chi connectivity index (χ1v) is 6.56. The van der Waals surface area contributed by atoms with Crippen molar-refractivity contribution in [2.24, 2.45) is 0 Å². The van der Waals surface area contributed by atoms with Gasteiger partial charge >= 0.3 is 0 Å². The van der Waals surface area contributed by atoms with E-state index < -0.39 is 0 Å². The van der Waals surface area contributed by atoms with E-state index in [4.69, 9.17) is 0 Å². The van der Waals surface area contributed by atoms with E-state index >= 15 is 0 Å². The predicted molar refractivity (Wildman–Crippen MR) is 78.9 cm³/mol. The number of aromatic nitrogens is 1. The fourth-order valence-corrected chi connectivity index (χ4v) is 1.99. The molecule has 2 aromatic rings. The van der Waals surface area contributed by atoms with Gasteiger partial charge in [-0.05, 0) is 18.9 Å². The van der Waals surface area contributed by atoms with Crippen molar-refractivity contribution in [2.45, 2.75) is 13.3 Å². The van der Waals surface area contributed by atoms with E-state index in [1.807, 2.05) is 30.3 Å². The molecule has 0 aliphatic carbocycles. The van der Waals surface area contributed by atoms with E-state index in [1.54, 1.807) is 18.9 Å². The Morgan fingerprint density at radius 3 is 2.60 bits per heavy atom. The van der Waals surface area contributed by atoms with Crippen LogP contribution in [0.4, 0.5) is 0 Å². The Kier molecular flexibility index (Phi) is 4.35. The molecule has 0 unspecified atom stereocenters. The van der Waals surface area contributed by atoms with Gasteiger partial charge in [0.25, 0.3) is 5.91 Å². The van der Waals surface area contributed by atoms with E-state index in [-0.39, 0.29) is 16.9 Å². The molecule has 0 radical (unpaired) electrons. The van der Waals surface area contributed by atoms with Gasteiger partial charge in [-0.15, -0.1) is 0 Å². The summed E-state index contributed by atoms with van der Waals surface area (Å²) in [5.41, 5.74) is 1.87. The molecule has 4 heteroatoms. The number of aromatic amines is 1. The highest BCUT2D eigenvalue weighted by molar-refractivity contribution is 5.93. The lowest BCUT2D eigenvalue weighted by molar-refractivity contribution is 0.0795. The summed E-state index contributed by atoms with van der Waals surface area (Å²) in [6.45, 7) is 2.37. The Morgan fingerprint density at radius 1 is 1.25 bits per heavy atom. The molecule has 104 valence electrons. The summed E-state index contributed by atoms with van der Waals surface area (Å²) >= 11 is 0. The van der Waals surface area contributed by atoms with Crippen LogP contribution in [0.5, 0.6) is 0 Å². The number of benzene rings is 1. The van der Waals surface area contributed by atoms with Gasteiger partial charge in [-0.1, -0.05) is 30.3 Å². The molecule has 1 aromatic heterocycles. The maximum absolute atomic E-state index is 12.2. The monoisotopic (exact) mass is 270 g/mol. The van der Waals surface area contributed by atoms with Crippen LogP contribution >= 0.6 is 0 Å². The molecule has 1 N–H and O–H groups in total. The fraction of sp³-hybridized carbons (Fsp3) is 0.250. The molecule has 0 bridgehead atoms. The van der Waals surface area contributed by atoms with Crippen LogP contribution in [0, 0.1) is 6.92 Å². The molecular weight excluding hydrogens is 252 g/mol. The van der Waals surface area contributed by atoms with Crippen LogP contribution in [0.1, 0.15) is 21.6 Å². The molecule has 20 heavy (non-hydrogen) atoms. The van der Waals surface area contributed by atoms with E-state index in [0.717, 1.165) is 12.1 Å². The highest BCUT2D eigenvalue weighted by atomic mass is 16.2. The summed E-state index contributed by atoms with van der Waals surface area (Å²) in [5, 5.41) is 0. The zero-order chi connectivity index (χ0) is 14.5. The van der Waals surface area contributed by atoms with Crippen molar-refractivity contribution >= 4 is 5.91 Å². The van der Waals surface area contributed by atoms with E-state index in [1.165, 1.54) is 17.8 Å². The summed E-state index contributed by atoms with van der Waals surface area (Å²) in [6, 6.07) is 11.4.